The van der Waals surface area contributed by atoms with Crippen LogP contribution in [-0.4, -0.2) is 4.98 Å². The lowest BCUT2D eigenvalue weighted by molar-refractivity contribution is 0.410. The Bertz CT molecular complexity index is 1510. The maximum atomic E-state index is 6.54. The molecule has 3 aromatic carbocycles. The number of pyridine rings is 1. The van der Waals surface area contributed by atoms with Gasteiger partial charge in [0.15, 0.2) is 0 Å². The van der Waals surface area contributed by atoms with Gasteiger partial charge in [0.25, 0.3) is 0 Å². The maximum absolute atomic E-state index is 6.54. The van der Waals surface area contributed by atoms with Crippen LogP contribution in [0, 0.1) is 5.41 Å². The lowest BCUT2D eigenvalue weighted by atomic mass is 9.73. The van der Waals surface area contributed by atoms with Crippen LogP contribution in [-0.2, 0) is 11.8 Å². The standard InChI is InChI=1S/C29H27NO/c1-28(2,3)16-18-11-13-21-23-24-22(31-27(18)23)14-15-30-26(24)20-12-10-17-8-6-7-9-19(17)25(20)29(21,4)5/h6-15H,16H2,1-5H3. The predicted molar refractivity (Wildman–Crippen MR) is 130 cm³/mol. The van der Waals surface area contributed by atoms with E-state index in [4.69, 9.17) is 9.40 Å². The maximum Gasteiger partial charge on any atom is 0.139 e. The molecule has 0 amide bonds. The second-order valence-electron chi connectivity index (χ2n) is 10.7. The Morgan fingerprint density at radius 2 is 1.71 bits per heavy atom. The fourth-order valence-corrected chi connectivity index (χ4v) is 5.58. The third-order valence-electron chi connectivity index (χ3n) is 6.82. The summed E-state index contributed by atoms with van der Waals surface area (Å²) in [7, 11) is 0. The van der Waals surface area contributed by atoms with Crippen molar-refractivity contribution in [2.24, 2.45) is 5.41 Å². The van der Waals surface area contributed by atoms with Crippen LogP contribution in [0.25, 0.3) is 44.0 Å². The molecule has 154 valence electrons. The van der Waals surface area contributed by atoms with Gasteiger partial charge in [-0.15, -0.1) is 0 Å². The number of hydrogen-bond donors (Lipinski definition) is 0. The second-order valence-corrected chi connectivity index (χ2v) is 10.7. The molecular weight excluding hydrogens is 378 g/mol. The molecule has 1 aliphatic rings. The molecule has 5 aromatic rings. The average Bonchev–Trinajstić information content (AvgIpc) is 3.08. The Hall–Kier alpha value is -3.13. The summed E-state index contributed by atoms with van der Waals surface area (Å²) in [5.74, 6) is 0. The molecule has 0 N–H and O–H groups in total. The van der Waals surface area contributed by atoms with Crippen molar-refractivity contribution in [2.45, 2.75) is 46.5 Å². The zero-order chi connectivity index (χ0) is 21.5. The van der Waals surface area contributed by atoms with Crippen molar-refractivity contribution < 1.29 is 4.42 Å². The Kier molecular flexibility index (Phi) is 3.59. The molecule has 0 spiro atoms. The molecule has 0 unspecified atom stereocenters. The normalized spacial score (nSPS) is 15.0. The van der Waals surface area contributed by atoms with E-state index in [1.807, 2.05) is 12.3 Å². The molecule has 0 radical (unpaired) electrons. The molecule has 0 aliphatic heterocycles. The Labute approximate surface area is 182 Å². The molecule has 6 rings (SSSR count). The van der Waals surface area contributed by atoms with Gasteiger partial charge in [0.1, 0.15) is 11.2 Å². The second kappa shape index (κ2) is 5.97. The van der Waals surface area contributed by atoms with Crippen LogP contribution in [0.15, 0.2) is 65.2 Å². The molecule has 1 aliphatic carbocycles. The van der Waals surface area contributed by atoms with Gasteiger partial charge in [0.2, 0.25) is 0 Å². The number of aromatic nitrogens is 1. The summed E-state index contributed by atoms with van der Waals surface area (Å²) in [5, 5.41) is 4.97. The van der Waals surface area contributed by atoms with Gasteiger partial charge in [-0.25, -0.2) is 0 Å². The molecule has 0 saturated carbocycles. The van der Waals surface area contributed by atoms with Crippen LogP contribution >= 0.6 is 0 Å². The first kappa shape index (κ1) is 18.6. The van der Waals surface area contributed by atoms with E-state index < -0.39 is 0 Å². The van der Waals surface area contributed by atoms with Crippen molar-refractivity contribution in [1.82, 2.24) is 4.98 Å². The van der Waals surface area contributed by atoms with Crippen molar-refractivity contribution in [2.75, 3.05) is 0 Å². The largest absolute Gasteiger partial charge is 0.456 e. The summed E-state index contributed by atoms with van der Waals surface area (Å²) >= 11 is 0. The predicted octanol–water partition coefficient (Wildman–Crippen LogP) is 8.03. The monoisotopic (exact) mass is 405 g/mol. The first-order valence-corrected chi connectivity index (χ1v) is 11.1. The molecule has 2 heterocycles. The van der Waals surface area contributed by atoms with Gasteiger partial charge in [-0.3, -0.25) is 4.98 Å². The summed E-state index contributed by atoms with van der Waals surface area (Å²) in [6.45, 7) is 11.5. The molecule has 2 nitrogen and oxygen atoms in total. The molecule has 31 heavy (non-hydrogen) atoms. The van der Waals surface area contributed by atoms with Crippen LogP contribution in [0.1, 0.15) is 51.3 Å². The van der Waals surface area contributed by atoms with Crippen molar-refractivity contribution in [3.05, 3.63) is 77.5 Å². The highest BCUT2D eigenvalue weighted by Gasteiger charge is 2.36. The van der Waals surface area contributed by atoms with Crippen molar-refractivity contribution in [3.8, 4) is 11.3 Å². The fourth-order valence-electron chi connectivity index (χ4n) is 5.58. The van der Waals surface area contributed by atoms with Gasteiger partial charge in [-0.05, 0) is 45.4 Å². The molecular formula is C29H27NO. The average molecular weight is 406 g/mol. The molecule has 0 bridgehead atoms. The lowest BCUT2D eigenvalue weighted by Crippen LogP contribution is -2.20. The number of nitrogens with zero attached hydrogens (tertiary/aromatic N) is 1. The van der Waals surface area contributed by atoms with Crippen LogP contribution in [0.3, 0.4) is 0 Å². The number of fused-ring (bicyclic) bond motifs is 4. The third kappa shape index (κ3) is 2.54. The minimum atomic E-state index is -0.188. The van der Waals surface area contributed by atoms with Crippen molar-refractivity contribution >= 4 is 32.7 Å². The van der Waals surface area contributed by atoms with E-state index in [-0.39, 0.29) is 10.8 Å². The zero-order valence-electron chi connectivity index (χ0n) is 18.8. The summed E-state index contributed by atoms with van der Waals surface area (Å²) in [4.78, 5) is 4.91. The van der Waals surface area contributed by atoms with Crippen molar-refractivity contribution in [3.63, 3.8) is 0 Å². The molecule has 0 fully saturated rings. The number of rotatable bonds is 1. The zero-order valence-corrected chi connectivity index (χ0v) is 18.8. The van der Waals surface area contributed by atoms with E-state index >= 15 is 0 Å². The van der Waals surface area contributed by atoms with E-state index in [9.17, 15) is 0 Å². The molecule has 0 atom stereocenters. The highest BCUT2D eigenvalue weighted by Crippen LogP contribution is 2.51. The minimum Gasteiger partial charge on any atom is -0.456 e. The topological polar surface area (TPSA) is 26.0 Å². The summed E-state index contributed by atoms with van der Waals surface area (Å²) in [6, 6.07) is 19.8. The SMILES string of the molecule is CC(C)(C)Cc1ccc2c3c1oc1ccnc(c13)-c1ccc3ccccc3c1C2(C)C. The van der Waals surface area contributed by atoms with Gasteiger partial charge in [-0.1, -0.05) is 83.1 Å². The highest BCUT2D eigenvalue weighted by molar-refractivity contribution is 6.16. The minimum absolute atomic E-state index is 0.184. The number of hydrogen-bond acceptors (Lipinski definition) is 2. The highest BCUT2D eigenvalue weighted by atomic mass is 16.3. The Balaban J connectivity index is 1.82. The summed E-state index contributed by atoms with van der Waals surface area (Å²) < 4.78 is 6.54. The fraction of sp³-hybridized carbons (Fsp3) is 0.276. The van der Waals surface area contributed by atoms with Crippen LogP contribution < -0.4 is 0 Å². The van der Waals surface area contributed by atoms with Gasteiger partial charge in [0.05, 0.1) is 11.1 Å². The van der Waals surface area contributed by atoms with Gasteiger partial charge in [-0.2, -0.15) is 0 Å². The van der Waals surface area contributed by atoms with Crippen molar-refractivity contribution in [1.29, 1.82) is 0 Å². The van der Waals surface area contributed by atoms with E-state index in [1.165, 1.54) is 38.4 Å². The van der Waals surface area contributed by atoms with Crippen LogP contribution in [0.5, 0.6) is 0 Å². The number of furan rings is 1. The van der Waals surface area contributed by atoms with Gasteiger partial charge < -0.3 is 4.42 Å². The smallest absolute Gasteiger partial charge is 0.139 e. The van der Waals surface area contributed by atoms with Crippen LogP contribution in [0.2, 0.25) is 0 Å². The summed E-state index contributed by atoms with van der Waals surface area (Å²) in [6.07, 6.45) is 2.86. The first-order valence-electron chi connectivity index (χ1n) is 11.1. The van der Waals surface area contributed by atoms with Crippen LogP contribution in [0.4, 0.5) is 0 Å². The Morgan fingerprint density at radius 1 is 0.903 bits per heavy atom. The van der Waals surface area contributed by atoms with E-state index in [0.29, 0.717) is 0 Å². The van der Waals surface area contributed by atoms with Gasteiger partial charge in [0, 0.05) is 22.6 Å². The van der Waals surface area contributed by atoms with E-state index in [2.05, 4.69) is 83.1 Å². The number of benzene rings is 3. The quantitative estimate of drug-likeness (QED) is 0.282. The van der Waals surface area contributed by atoms with E-state index in [0.717, 1.165) is 28.7 Å². The first-order chi connectivity index (χ1) is 14.8. The molecule has 2 aromatic heterocycles. The lowest BCUT2D eigenvalue weighted by Gasteiger charge is -2.30. The summed E-state index contributed by atoms with van der Waals surface area (Å²) in [5.41, 5.74) is 8.16. The van der Waals surface area contributed by atoms with E-state index in [1.54, 1.807) is 0 Å². The van der Waals surface area contributed by atoms with Gasteiger partial charge >= 0.3 is 0 Å². The Morgan fingerprint density at radius 3 is 2.52 bits per heavy atom. The molecule has 2 heteroatoms. The third-order valence-corrected chi connectivity index (χ3v) is 6.82. The molecule has 0 saturated heterocycles.